The number of rotatable bonds is 4. The van der Waals surface area contributed by atoms with Crippen molar-refractivity contribution in [2.24, 2.45) is 5.92 Å². The summed E-state index contributed by atoms with van der Waals surface area (Å²) in [4.78, 5) is 10.2. The summed E-state index contributed by atoms with van der Waals surface area (Å²) < 4.78 is 0. The van der Waals surface area contributed by atoms with Crippen LogP contribution in [-0.4, -0.2) is 11.5 Å². The molecule has 1 aliphatic carbocycles. The molecule has 1 heterocycles. The van der Waals surface area contributed by atoms with E-state index < -0.39 is 0 Å². The summed E-state index contributed by atoms with van der Waals surface area (Å²) in [7, 11) is 0. The van der Waals surface area contributed by atoms with Gasteiger partial charge in [-0.15, -0.1) is 0 Å². The largest absolute Gasteiger partial charge is 0.376 e. The lowest BCUT2D eigenvalue weighted by Gasteiger charge is -2.01. The molecule has 1 fully saturated rings. The second-order valence-electron chi connectivity index (χ2n) is 3.68. The van der Waals surface area contributed by atoms with Crippen LogP contribution in [0.2, 0.25) is 0 Å². The quantitative estimate of drug-likeness (QED) is 0.616. The van der Waals surface area contributed by atoms with Gasteiger partial charge in [0.05, 0.1) is 9.92 Å². The molecule has 1 saturated carbocycles. The number of aryl methyl sites for hydroxylation is 1. The van der Waals surface area contributed by atoms with Gasteiger partial charge in [0.25, 0.3) is 0 Å². The summed E-state index contributed by atoms with van der Waals surface area (Å²) in [5, 5.41) is 14.9. The van der Waals surface area contributed by atoms with Gasteiger partial charge in [0.1, 0.15) is 0 Å². The molecule has 0 spiro atoms. The van der Waals surface area contributed by atoms with Crippen LogP contribution < -0.4 is 5.32 Å². The van der Waals surface area contributed by atoms with Gasteiger partial charge in [-0.1, -0.05) is 0 Å². The topological polar surface area (TPSA) is 55.2 Å². The molecule has 0 atom stereocenters. The average Bonchev–Trinajstić information content (AvgIpc) is 2.87. The Hall–Kier alpha value is -1.10. The molecule has 5 heteroatoms. The van der Waals surface area contributed by atoms with E-state index in [0.717, 1.165) is 23.0 Å². The maximum absolute atomic E-state index is 10.5. The summed E-state index contributed by atoms with van der Waals surface area (Å²) in [5.74, 6) is 0.788. The summed E-state index contributed by atoms with van der Waals surface area (Å²) in [5.41, 5.74) is 0.974. The van der Waals surface area contributed by atoms with Crippen LogP contribution in [-0.2, 0) is 0 Å². The van der Waals surface area contributed by atoms with E-state index in [-0.39, 0.29) is 9.92 Å². The van der Waals surface area contributed by atoms with Crippen molar-refractivity contribution in [3.05, 3.63) is 21.7 Å². The van der Waals surface area contributed by atoms with Gasteiger partial charge in [0, 0.05) is 12.6 Å². The Morgan fingerprint density at radius 2 is 2.43 bits per heavy atom. The van der Waals surface area contributed by atoms with Crippen LogP contribution in [0.4, 0.5) is 10.0 Å². The monoisotopic (exact) mass is 212 g/mol. The molecule has 0 saturated heterocycles. The highest BCUT2D eigenvalue weighted by molar-refractivity contribution is 7.19. The Morgan fingerprint density at radius 3 is 2.93 bits per heavy atom. The number of nitro groups is 1. The van der Waals surface area contributed by atoms with E-state index >= 15 is 0 Å². The first-order valence-corrected chi connectivity index (χ1v) is 5.47. The molecule has 1 aliphatic rings. The van der Waals surface area contributed by atoms with E-state index in [0.29, 0.717) is 0 Å². The zero-order chi connectivity index (χ0) is 10.1. The van der Waals surface area contributed by atoms with Gasteiger partial charge in [-0.05, 0) is 42.6 Å². The van der Waals surface area contributed by atoms with Crippen LogP contribution in [0.1, 0.15) is 18.4 Å². The average molecular weight is 212 g/mol. The van der Waals surface area contributed by atoms with Crippen LogP contribution in [0.25, 0.3) is 0 Å². The molecule has 14 heavy (non-hydrogen) atoms. The third kappa shape index (κ3) is 2.04. The molecule has 1 aromatic rings. The number of anilines is 1. The van der Waals surface area contributed by atoms with Gasteiger partial charge >= 0.3 is 5.00 Å². The number of hydrogen-bond donors (Lipinski definition) is 1. The van der Waals surface area contributed by atoms with Crippen molar-refractivity contribution < 1.29 is 4.92 Å². The fourth-order valence-corrected chi connectivity index (χ4v) is 2.18. The second-order valence-corrected chi connectivity index (χ2v) is 4.71. The van der Waals surface area contributed by atoms with Crippen LogP contribution in [0, 0.1) is 23.0 Å². The normalized spacial score (nSPS) is 15.5. The Balaban J connectivity index is 2.03. The molecule has 1 aromatic heterocycles. The molecular formula is C9H12N2O2S. The molecule has 4 nitrogen and oxygen atoms in total. The molecule has 1 N–H and O–H groups in total. The van der Waals surface area contributed by atoms with Crippen molar-refractivity contribution in [2.75, 3.05) is 11.9 Å². The molecule has 76 valence electrons. The number of nitrogens with zero attached hydrogens (tertiary/aromatic N) is 1. The van der Waals surface area contributed by atoms with Gasteiger partial charge in [-0.2, -0.15) is 0 Å². The summed E-state index contributed by atoms with van der Waals surface area (Å²) in [6.45, 7) is 2.86. The fraction of sp³-hybridized carbons (Fsp3) is 0.556. The Bertz CT molecular complexity index is 358. The van der Waals surface area contributed by atoms with Crippen molar-refractivity contribution in [2.45, 2.75) is 19.8 Å². The predicted molar refractivity (Wildman–Crippen MR) is 56.9 cm³/mol. The lowest BCUT2D eigenvalue weighted by molar-refractivity contribution is -0.380. The molecule has 0 aromatic carbocycles. The molecule has 0 amide bonds. The first-order valence-electron chi connectivity index (χ1n) is 4.65. The van der Waals surface area contributed by atoms with Gasteiger partial charge in [0.2, 0.25) is 0 Å². The van der Waals surface area contributed by atoms with Gasteiger partial charge in [-0.25, -0.2) is 0 Å². The minimum Gasteiger partial charge on any atom is -0.376 e. The third-order valence-electron chi connectivity index (χ3n) is 2.33. The van der Waals surface area contributed by atoms with Crippen LogP contribution in [0.5, 0.6) is 0 Å². The van der Waals surface area contributed by atoms with Crippen LogP contribution in [0.15, 0.2) is 6.07 Å². The van der Waals surface area contributed by atoms with Crippen molar-refractivity contribution in [3.8, 4) is 0 Å². The van der Waals surface area contributed by atoms with E-state index in [1.807, 2.05) is 6.92 Å². The van der Waals surface area contributed by atoms with Gasteiger partial charge in [-0.3, -0.25) is 10.1 Å². The van der Waals surface area contributed by atoms with Crippen molar-refractivity contribution >= 4 is 21.3 Å². The number of thiophene rings is 1. The first kappa shape index (κ1) is 9.45. The lowest BCUT2D eigenvalue weighted by Crippen LogP contribution is -2.01. The highest BCUT2D eigenvalue weighted by atomic mass is 32.1. The lowest BCUT2D eigenvalue weighted by atomic mass is 10.3. The maximum Gasteiger partial charge on any atom is 0.326 e. The maximum atomic E-state index is 10.5. The molecule has 0 aliphatic heterocycles. The molecule has 0 radical (unpaired) electrons. The van der Waals surface area contributed by atoms with E-state index in [1.54, 1.807) is 6.07 Å². The number of hydrogen-bond acceptors (Lipinski definition) is 4. The summed E-state index contributed by atoms with van der Waals surface area (Å²) >= 11 is 1.23. The molecule has 0 bridgehead atoms. The number of nitrogens with one attached hydrogen (secondary N) is 1. The highest BCUT2D eigenvalue weighted by Crippen LogP contribution is 2.35. The standard InChI is InChI=1S/C9H12N2O2S/c1-6-4-8(11(12)13)14-9(6)10-5-7-2-3-7/h4,7,10H,2-3,5H2,1H3. The molecule has 0 unspecified atom stereocenters. The highest BCUT2D eigenvalue weighted by Gasteiger charge is 2.22. The summed E-state index contributed by atoms with van der Waals surface area (Å²) in [6.07, 6.45) is 2.58. The molecule has 2 rings (SSSR count). The third-order valence-corrected chi connectivity index (χ3v) is 3.48. The summed E-state index contributed by atoms with van der Waals surface area (Å²) in [6, 6.07) is 1.62. The van der Waals surface area contributed by atoms with Crippen molar-refractivity contribution in [1.29, 1.82) is 0 Å². The van der Waals surface area contributed by atoms with Gasteiger partial charge < -0.3 is 5.32 Å². The molecular weight excluding hydrogens is 200 g/mol. The first-order chi connectivity index (χ1) is 6.66. The fourth-order valence-electron chi connectivity index (χ4n) is 1.29. The van der Waals surface area contributed by atoms with Crippen molar-refractivity contribution in [3.63, 3.8) is 0 Å². The Kier molecular flexibility index (Phi) is 2.41. The van der Waals surface area contributed by atoms with E-state index in [4.69, 9.17) is 0 Å². The van der Waals surface area contributed by atoms with E-state index in [2.05, 4.69) is 5.32 Å². The van der Waals surface area contributed by atoms with Gasteiger partial charge in [0.15, 0.2) is 0 Å². The Morgan fingerprint density at radius 1 is 1.71 bits per heavy atom. The second kappa shape index (κ2) is 3.57. The minimum atomic E-state index is -0.333. The minimum absolute atomic E-state index is 0.223. The predicted octanol–water partition coefficient (Wildman–Crippen LogP) is 2.79. The van der Waals surface area contributed by atoms with Crippen LogP contribution >= 0.6 is 11.3 Å². The smallest absolute Gasteiger partial charge is 0.326 e. The zero-order valence-corrected chi connectivity index (χ0v) is 8.76. The van der Waals surface area contributed by atoms with E-state index in [1.165, 1.54) is 24.2 Å². The van der Waals surface area contributed by atoms with Crippen LogP contribution in [0.3, 0.4) is 0 Å². The van der Waals surface area contributed by atoms with E-state index in [9.17, 15) is 10.1 Å². The van der Waals surface area contributed by atoms with Crippen molar-refractivity contribution in [1.82, 2.24) is 0 Å². The zero-order valence-electron chi connectivity index (χ0n) is 7.95. The Labute approximate surface area is 86.1 Å². The SMILES string of the molecule is Cc1cc([N+](=O)[O-])sc1NCC1CC1.